The molecule has 1 atom stereocenters. The largest absolute Gasteiger partial charge is 0.366 e. The van der Waals surface area contributed by atoms with Crippen LogP contribution >= 0.6 is 0 Å². The van der Waals surface area contributed by atoms with Crippen LogP contribution in [0.4, 0.5) is 5.69 Å². The lowest BCUT2D eigenvalue weighted by atomic mass is 10.2. The predicted octanol–water partition coefficient (Wildman–Crippen LogP) is 0.829. The zero-order valence-corrected chi connectivity index (χ0v) is 10.6. The Kier molecular flexibility index (Phi) is 4.28. The van der Waals surface area contributed by atoms with Crippen LogP contribution in [0.1, 0.15) is 23.7 Å². The number of primary amides is 1. The smallest absolute Gasteiger partial charge is 0.249 e. The fourth-order valence-corrected chi connectivity index (χ4v) is 2.50. The molecule has 0 bridgehead atoms. The summed E-state index contributed by atoms with van der Waals surface area (Å²) in [5, 5.41) is 7.62. The lowest BCUT2D eigenvalue weighted by Crippen LogP contribution is -2.26. The van der Waals surface area contributed by atoms with Crippen LogP contribution in [0.5, 0.6) is 0 Å². The first-order valence-electron chi connectivity index (χ1n) is 5.21. The minimum atomic E-state index is -3.74. The van der Waals surface area contributed by atoms with Crippen molar-refractivity contribution >= 4 is 21.6 Å². The summed E-state index contributed by atoms with van der Waals surface area (Å²) in [6.45, 7) is 1.61. The number of amides is 1. The Hall–Kier alpha value is -2.07. The van der Waals surface area contributed by atoms with Crippen molar-refractivity contribution in [3.8, 4) is 6.07 Å². The number of nitrogens with one attached hydrogen (secondary N) is 1. The third kappa shape index (κ3) is 3.21. The standard InChI is InChI=1S/C11H13N3O3S/c1-2-10(7-12)18(16,17)14-9-5-3-8(4-6-9)11(13)15/h3-6,10,14H,2H2,1H3,(H2,13,15). The van der Waals surface area contributed by atoms with E-state index in [9.17, 15) is 13.2 Å². The van der Waals surface area contributed by atoms with Crippen LogP contribution in [0.25, 0.3) is 0 Å². The number of sulfonamides is 1. The van der Waals surface area contributed by atoms with Gasteiger partial charge in [0.2, 0.25) is 15.9 Å². The molecule has 7 heteroatoms. The van der Waals surface area contributed by atoms with Crippen molar-refractivity contribution in [2.45, 2.75) is 18.6 Å². The summed E-state index contributed by atoms with van der Waals surface area (Å²) in [4.78, 5) is 10.8. The van der Waals surface area contributed by atoms with Gasteiger partial charge in [0.1, 0.15) is 0 Å². The maximum absolute atomic E-state index is 11.8. The summed E-state index contributed by atoms with van der Waals surface area (Å²) in [6, 6.07) is 7.37. The summed E-state index contributed by atoms with van der Waals surface area (Å²) in [5.41, 5.74) is 5.63. The molecular weight excluding hydrogens is 254 g/mol. The second-order valence-corrected chi connectivity index (χ2v) is 5.48. The average Bonchev–Trinajstić information content (AvgIpc) is 2.30. The second kappa shape index (κ2) is 5.51. The molecule has 1 aromatic rings. The van der Waals surface area contributed by atoms with Crippen LogP contribution in [0, 0.1) is 11.3 Å². The van der Waals surface area contributed by atoms with Crippen molar-refractivity contribution in [3.63, 3.8) is 0 Å². The molecule has 0 fully saturated rings. The third-order valence-electron chi connectivity index (χ3n) is 2.32. The Bertz CT molecular complexity index is 573. The van der Waals surface area contributed by atoms with Crippen molar-refractivity contribution in [2.75, 3.05) is 4.72 Å². The predicted molar refractivity (Wildman–Crippen MR) is 67.2 cm³/mol. The number of rotatable bonds is 5. The number of nitrogens with zero attached hydrogens (tertiary/aromatic N) is 1. The van der Waals surface area contributed by atoms with Gasteiger partial charge in [-0.15, -0.1) is 0 Å². The molecule has 96 valence electrons. The molecule has 0 heterocycles. The topological polar surface area (TPSA) is 113 Å². The van der Waals surface area contributed by atoms with Gasteiger partial charge in [-0.25, -0.2) is 8.42 Å². The fourth-order valence-electron chi connectivity index (χ4n) is 1.32. The van der Waals surface area contributed by atoms with Gasteiger partial charge >= 0.3 is 0 Å². The zero-order chi connectivity index (χ0) is 13.8. The summed E-state index contributed by atoms with van der Waals surface area (Å²) >= 11 is 0. The zero-order valence-electron chi connectivity index (χ0n) is 9.75. The van der Waals surface area contributed by atoms with E-state index < -0.39 is 21.2 Å². The summed E-state index contributed by atoms with van der Waals surface area (Å²) in [6.07, 6.45) is 0.200. The SMILES string of the molecule is CCC(C#N)S(=O)(=O)Nc1ccc(C(N)=O)cc1. The molecule has 0 aliphatic carbocycles. The van der Waals surface area contributed by atoms with Crippen LogP contribution in [0.15, 0.2) is 24.3 Å². The Labute approximate surface area is 105 Å². The normalized spacial score (nSPS) is 12.4. The molecule has 0 saturated heterocycles. The van der Waals surface area contributed by atoms with Gasteiger partial charge in [-0.1, -0.05) is 6.92 Å². The highest BCUT2D eigenvalue weighted by atomic mass is 32.2. The van der Waals surface area contributed by atoms with E-state index >= 15 is 0 Å². The molecule has 1 amide bonds. The van der Waals surface area contributed by atoms with Crippen LogP contribution in [-0.4, -0.2) is 19.6 Å². The highest BCUT2D eigenvalue weighted by Crippen LogP contribution is 2.14. The first-order chi connectivity index (χ1) is 8.40. The van der Waals surface area contributed by atoms with Gasteiger partial charge < -0.3 is 5.73 Å². The molecule has 6 nitrogen and oxygen atoms in total. The first kappa shape index (κ1) is 14.0. The van der Waals surface area contributed by atoms with E-state index in [4.69, 9.17) is 11.0 Å². The van der Waals surface area contributed by atoms with Gasteiger partial charge in [-0.3, -0.25) is 9.52 Å². The molecule has 18 heavy (non-hydrogen) atoms. The van der Waals surface area contributed by atoms with Gasteiger partial charge in [0.15, 0.2) is 5.25 Å². The van der Waals surface area contributed by atoms with E-state index in [2.05, 4.69) is 4.72 Å². The quantitative estimate of drug-likeness (QED) is 0.822. The first-order valence-corrected chi connectivity index (χ1v) is 6.76. The summed E-state index contributed by atoms with van der Waals surface area (Å²) in [5.74, 6) is -0.590. The van der Waals surface area contributed by atoms with Gasteiger partial charge in [-0.2, -0.15) is 5.26 Å². The van der Waals surface area contributed by atoms with Gasteiger partial charge in [0.25, 0.3) is 0 Å². The molecule has 0 spiro atoms. The Balaban J connectivity index is 2.92. The number of nitrogens with two attached hydrogens (primary N) is 1. The van der Waals surface area contributed by atoms with Crippen LogP contribution in [0.3, 0.4) is 0 Å². The molecule has 0 aliphatic rings. The molecule has 0 aliphatic heterocycles. The van der Waals surface area contributed by atoms with E-state index in [1.807, 2.05) is 0 Å². The second-order valence-electron chi connectivity index (χ2n) is 3.61. The van der Waals surface area contributed by atoms with Crippen molar-refractivity contribution in [3.05, 3.63) is 29.8 Å². The van der Waals surface area contributed by atoms with Gasteiger partial charge in [0.05, 0.1) is 6.07 Å². The minimum absolute atomic E-state index is 0.200. The Morgan fingerprint density at radius 3 is 2.39 bits per heavy atom. The lowest BCUT2D eigenvalue weighted by Gasteiger charge is -2.11. The Morgan fingerprint density at radius 1 is 1.44 bits per heavy atom. The minimum Gasteiger partial charge on any atom is -0.366 e. The van der Waals surface area contributed by atoms with Crippen molar-refractivity contribution in [1.29, 1.82) is 5.26 Å². The highest BCUT2D eigenvalue weighted by molar-refractivity contribution is 7.93. The van der Waals surface area contributed by atoms with Crippen LogP contribution < -0.4 is 10.5 Å². The summed E-state index contributed by atoms with van der Waals surface area (Å²) < 4.78 is 25.8. The maximum Gasteiger partial charge on any atom is 0.249 e. The average molecular weight is 267 g/mol. The van der Waals surface area contributed by atoms with Gasteiger partial charge in [0, 0.05) is 11.3 Å². The van der Waals surface area contributed by atoms with E-state index in [1.165, 1.54) is 24.3 Å². The van der Waals surface area contributed by atoms with Crippen molar-refractivity contribution < 1.29 is 13.2 Å². The third-order valence-corrected chi connectivity index (χ3v) is 4.03. The monoisotopic (exact) mass is 267 g/mol. The number of nitriles is 1. The van der Waals surface area contributed by atoms with E-state index in [1.54, 1.807) is 13.0 Å². The fraction of sp³-hybridized carbons (Fsp3) is 0.273. The van der Waals surface area contributed by atoms with Crippen molar-refractivity contribution in [1.82, 2.24) is 0 Å². The molecule has 3 N–H and O–H groups in total. The molecule has 1 aromatic carbocycles. The molecular formula is C11H13N3O3S. The number of hydrogen-bond donors (Lipinski definition) is 2. The number of benzene rings is 1. The molecule has 0 saturated carbocycles. The van der Waals surface area contributed by atoms with E-state index in [0.717, 1.165) is 0 Å². The van der Waals surface area contributed by atoms with Crippen LogP contribution in [-0.2, 0) is 10.0 Å². The molecule has 1 rings (SSSR count). The van der Waals surface area contributed by atoms with E-state index in [-0.39, 0.29) is 17.7 Å². The van der Waals surface area contributed by atoms with Crippen LogP contribution in [0.2, 0.25) is 0 Å². The van der Waals surface area contributed by atoms with Gasteiger partial charge in [-0.05, 0) is 30.7 Å². The number of carbonyl (C=O) groups excluding carboxylic acids is 1. The highest BCUT2D eigenvalue weighted by Gasteiger charge is 2.23. The van der Waals surface area contributed by atoms with Crippen molar-refractivity contribution in [2.24, 2.45) is 5.73 Å². The molecule has 1 unspecified atom stereocenters. The Morgan fingerprint density at radius 2 is 2.00 bits per heavy atom. The number of carbonyl (C=O) groups is 1. The lowest BCUT2D eigenvalue weighted by molar-refractivity contribution is 0.100. The molecule has 0 aromatic heterocycles. The summed E-state index contributed by atoms with van der Waals surface area (Å²) in [7, 11) is -3.74. The number of hydrogen-bond acceptors (Lipinski definition) is 4. The van der Waals surface area contributed by atoms with E-state index in [0.29, 0.717) is 0 Å². The number of anilines is 1. The molecule has 0 radical (unpaired) electrons. The maximum atomic E-state index is 11.8.